The maximum Gasteiger partial charge on any atom is 0.308 e. The minimum absolute atomic E-state index is 0. The normalized spacial score (nSPS) is 12.7. The summed E-state index contributed by atoms with van der Waals surface area (Å²) < 4.78 is 0. The largest absolute Gasteiger partial charge is 0.481 e. The van der Waals surface area contributed by atoms with Gasteiger partial charge < -0.3 is 5.11 Å². The molecule has 0 bridgehead atoms. The lowest BCUT2D eigenvalue weighted by atomic mass is 10.3. The fourth-order valence-electron chi connectivity index (χ4n) is 1.46. The number of carboxylic acids is 1. The number of carbonyl (C=O) groups is 1. The molecule has 85 valence electrons. The van der Waals surface area contributed by atoms with Gasteiger partial charge in [-0.3, -0.25) is 4.79 Å². The van der Waals surface area contributed by atoms with E-state index in [0.717, 1.165) is 0 Å². The number of hydrogen-bond acceptors (Lipinski definition) is 1. The molecule has 0 aliphatic carbocycles. The van der Waals surface area contributed by atoms with Crippen LogP contribution < -0.4 is 5.30 Å². The maximum atomic E-state index is 10.8. The standard InChI is InChI=1S/C12H17O2P.B/c1-12(2,3)15(9-11(13)14)10-7-5-4-6-8-10;/h4-8H,9H2,1-3H3,(H,13,14);/t15-;/m0./s1. The molecule has 0 heterocycles. The van der Waals surface area contributed by atoms with Gasteiger partial charge in [0.25, 0.3) is 0 Å². The van der Waals surface area contributed by atoms with Gasteiger partial charge in [0, 0.05) is 8.41 Å². The summed E-state index contributed by atoms with van der Waals surface area (Å²) in [5.74, 6) is -0.708. The summed E-state index contributed by atoms with van der Waals surface area (Å²) in [6.07, 6.45) is 0.253. The van der Waals surface area contributed by atoms with E-state index in [1.807, 2.05) is 30.3 Å². The van der Waals surface area contributed by atoms with Gasteiger partial charge in [0.15, 0.2) is 0 Å². The number of carboxylic acid groups (broad SMARTS) is 1. The van der Waals surface area contributed by atoms with Crippen LogP contribution in [0, 0.1) is 0 Å². The van der Waals surface area contributed by atoms with Crippen LogP contribution in [0.2, 0.25) is 0 Å². The van der Waals surface area contributed by atoms with E-state index in [0.29, 0.717) is 0 Å². The minimum atomic E-state index is -0.708. The van der Waals surface area contributed by atoms with Crippen LogP contribution in [0.25, 0.3) is 0 Å². The zero-order valence-corrected chi connectivity index (χ0v) is 10.9. The van der Waals surface area contributed by atoms with E-state index in [1.54, 1.807) is 0 Å². The molecule has 0 aromatic heterocycles. The van der Waals surface area contributed by atoms with Crippen molar-refractivity contribution in [3.8, 4) is 0 Å². The summed E-state index contributed by atoms with van der Waals surface area (Å²) in [4.78, 5) is 10.8. The first kappa shape index (κ1) is 15.2. The molecule has 4 heteroatoms. The van der Waals surface area contributed by atoms with Crippen LogP contribution in [0.1, 0.15) is 20.8 Å². The lowest BCUT2D eigenvalue weighted by Gasteiger charge is -2.30. The van der Waals surface area contributed by atoms with Crippen molar-refractivity contribution in [3.63, 3.8) is 0 Å². The van der Waals surface area contributed by atoms with Crippen LogP contribution >= 0.6 is 7.92 Å². The van der Waals surface area contributed by atoms with Crippen molar-refractivity contribution in [2.45, 2.75) is 25.9 Å². The van der Waals surface area contributed by atoms with Crippen LogP contribution in [0.3, 0.4) is 0 Å². The Morgan fingerprint density at radius 1 is 1.25 bits per heavy atom. The second kappa shape index (κ2) is 6.05. The molecule has 0 saturated carbocycles. The highest BCUT2D eigenvalue weighted by molar-refractivity contribution is 7.67. The lowest BCUT2D eigenvalue weighted by molar-refractivity contribution is -0.134. The molecule has 0 aliphatic heterocycles. The van der Waals surface area contributed by atoms with Gasteiger partial charge in [-0.15, -0.1) is 0 Å². The van der Waals surface area contributed by atoms with Gasteiger partial charge in [-0.2, -0.15) is 0 Å². The van der Waals surface area contributed by atoms with Gasteiger partial charge in [0.05, 0.1) is 6.16 Å². The zero-order valence-electron chi connectivity index (χ0n) is 9.97. The Balaban J connectivity index is 0.00000225. The number of aliphatic carboxylic acids is 1. The third-order valence-corrected chi connectivity index (χ3v) is 5.30. The number of rotatable bonds is 3. The molecule has 1 N–H and O–H groups in total. The SMILES string of the molecule is CC(C)(C)[P@@](CC(=O)O)c1ccccc1.[B]. The highest BCUT2D eigenvalue weighted by Crippen LogP contribution is 2.47. The predicted molar refractivity (Wildman–Crippen MR) is 71.0 cm³/mol. The Kier molecular flexibility index (Phi) is 5.74. The van der Waals surface area contributed by atoms with Gasteiger partial charge >= 0.3 is 5.97 Å². The van der Waals surface area contributed by atoms with Crippen molar-refractivity contribution in [2.75, 3.05) is 6.16 Å². The summed E-state index contributed by atoms with van der Waals surface area (Å²) in [5, 5.41) is 10.1. The van der Waals surface area contributed by atoms with Crippen LogP contribution in [0.5, 0.6) is 0 Å². The highest BCUT2D eigenvalue weighted by Gasteiger charge is 2.27. The number of benzene rings is 1. The molecule has 1 aromatic carbocycles. The van der Waals surface area contributed by atoms with E-state index >= 15 is 0 Å². The van der Waals surface area contributed by atoms with Crippen LogP contribution in [-0.4, -0.2) is 30.8 Å². The zero-order chi connectivity index (χ0) is 11.5. The molecule has 0 unspecified atom stereocenters. The van der Waals surface area contributed by atoms with Crippen molar-refractivity contribution >= 4 is 27.6 Å². The van der Waals surface area contributed by atoms with Crippen molar-refractivity contribution < 1.29 is 9.90 Å². The average molecular weight is 235 g/mol. The van der Waals surface area contributed by atoms with Gasteiger partial charge in [-0.25, -0.2) is 0 Å². The molecule has 2 nitrogen and oxygen atoms in total. The fraction of sp³-hybridized carbons (Fsp3) is 0.417. The van der Waals surface area contributed by atoms with Crippen LogP contribution in [0.15, 0.2) is 30.3 Å². The summed E-state index contributed by atoms with van der Waals surface area (Å²) in [6, 6.07) is 9.96. The van der Waals surface area contributed by atoms with E-state index in [-0.39, 0.29) is 19.7 Å². The molecule has 0 aliphatic rings. The third-order valence-electron chi connectivity index (χ3n) is 2.17. The van der Waals surface area contributed by atoms with E-state index in [1.165, 1.54) is 5.30 Å². The Hall–Kier alpha value is -0.815. The molecule has 3 radical (unpaired) electrons. The number of hydrogen-bond donors (Lipinski definition) is 1. The Bertz CT molecular complexity index is 333. The first-order chi connectivity index (χ1) is 6.91. The highest BCUT2D eigenvalue weighted by atomic mass is 31.1. The van der Waals surface area contributed by atoms with Crippen LogP contribution in [0.4, 0.5) is 0 Å². The molecule has 0 spiro atoms. The maximum absolute atomic E-state index is 10.8. The van der Waals surface area contributed by atoms with E-state index < -0.39 is 13.9 Å². The van der Waals surface area contributed by atoms with Crippen molar-refractivity contribution in [1.82, 2.24) is 0 Å². The van der Waals surface area contributed by atoms with Gasteiger partial charge in [-0.1, -0.05) is 59.0 Å². The molecule has 0 fully saturated rings. The Morgan fingerprint density at radius 3 is 2.12 bits per heavy atom. The average Bonchev–Trinajstić information content (AvgIpc) is 2.14. The second-order valence-electron chi connectivity index (χ2n) is 4.49. The first-order valence-electron chi connectivity index (χ1n) is 4.96. The minimum Gasteiger partial charge on any atom is -0.481 e. The molecule has 1 aromatic rings. The van der Waals surface area contributed by atoms with Gasteiger partial charge in [0.2, 0.25) is 0 Å². The van der Waals surface area contributed by atoms with E-state index in [9.17, 15) is 4.79 Å². The molecule has 0 amide bonds. The molecular weight excluding hydrogens is 218 g/mol. The first-order valence-corrected chi connectivity index (χ1v) is 6.48. The quantitative estimate of drug-likeness (QED) is 0.644. The van der Waals surface area contributed by atoms with Gasteiger partial charge in [0.1, 0.15) is 0 Å². The Labute approximate surface area is 100 Å². The fourth-order valence-corrected chi connectivity index (χ4v) is 3.69. The molecule has 16 heavy (non-hydrogen) atoms. The predicted octanol–water partition coefficient (Wildman–Crippen LogP) is 2.30. The topological polar surface area (TPSA) is 37.3 Å². The van der Waals surface area contributed by atoms with E-state index in [2.05, 4.69) is 20.8 Å². The van der Waals surface area contributed by atoms with Crippen molar-refractivity contribution in [1.29, 1.82) is 0 Å². The third kappa shape index (κ3) is 4.36. The summed E-state index contributed by atoms with van der Waals surface area (Å²) in [6.45, 7) is 6.32. The smallest absolute Gasteiger partial charge is 0.308 e. The second-order valence-corrected chi connectivity index (χ2v) is 7.52. The van der Waals surface area contributed by atoms with Gasteiger partial charge in [-0.05, 0) is 10.5 Å². The summed E-state index contributed by atoms with van der Waals surface area (Å²) >= 11 is 0. The molecular formula is C12H17BO2P. The van der Waals surface area contributed by atoms with Crippen LogP contribution in [-0.2, 0) is 4.79 Å². The molecule has 1 rings (SSSR count). The molecule has 0 saturated heterocycles. The summed E-state index contributed by atoms with van der Waals surface area (Å²) in [7, 11) is -0.636. The Morgan fingerprint density at radius 2 is 1.75 bits per heavy atom. The monoisotopic (exact) mass is 235 g/mol. The van der Waals surface area contributed by atoms with Crippen molar-refractivity contribution in [2.24, 2.45) is 0 Å². The molecule has 1 atom stereocenters. The van der Waals surface area contributed by atoms with E-state index in [4.69, 9.17) is 5.11 Å². The summed E-state index contributed by atoms with van der Waals surface area (Å²) in [5.41, 5.74) is 0. The van der Waals surface area contributed by atoms with Crippen molar-refractivity contribution in [3.05, 3.63) is 30.3 Å². The lowest BCUT2D eigenvalue weighted by Crippen LogP contribution is -2.23.